The van der Waals surface area contributed by atoms with E-state index in [0.29, 0.717) is 21.3 Å². The van der Waals surface area contributed by atoms with Crippen LogP contribution >= 0.6 is 23.2 Å². The van der Waals surface area contributed by atoms with Crippen molar-refractivity contribution < 1.29 is 22.4 Å². The van der Waals surface area contributed by atoms with E-state index in [0.717, 1.165) is 15.9 Å². The number of hydrogen-bond donors (Lipinski definition) is 1. The number of halogens is 3. The summed E-state index contributed by atoms with van der Waals surface area (Å²) in [5.74, 6) is -1.94. The summed E-state index contributed by atoms with van der Waals surface area (Å²) in [7, 11) is -1.73. The number of amides is 2. The highest BCUT2D eigenvalue weighted by Crippen LogP contribution is 2.26. The molecule has 0 aliphatic carbocycles. The highest BCUT2D eigenvalue weighted by molar-refractivity contribution is 7.90. The smallest absolute Gasteiger partial charge is 0.304 e. The lowest BCUT2D eigenvalue weighted by molar-refractivity contribution is -0.140. The molecular weight excluding hydrogens is 602 g/mol. The lowest BCUT2D eigenvalue weighted by Crippen LogP contribution is -2.55. The first-order chi connectivity index (χ1) is 19.8. The average molecular weight is 638 g/mol. The summed E-state index contributed by atoms with van der Waals surface area (Å²) < 4.78 is 43.3. The van der Waals surface area contributed by atoms with Crippen LogP contribution in [0, 0.1) is 5.82 Å². The van der Waals surface area contributed by atoms with Crippen molar-refractivity contribution >= 4 is 50.9 Å². The molecule has 0 unspecified atom stereocenters. The van der Waals surface area contributed by atoms with Crippen molar-refractivity contribution in [3.8, 4) is 0 Å². The first-order valence-electron chi connectivity index (χ1n) is 13.4. The van der Waals surface area contributed by atoms with E-state index < -0.39 is 40.4 Å². The average Bonchev–Trinajstić information content (AvgIpc) is 2.96. The zero-order valence-electron chi connectivity index (χ0n) is 23.9. The van der Waals surface area contributed by atoms with Crippen LogP contribution in [0.3, 0.4) is 0 Å². The van der Waals surface area contributed by atoms with Gasteiger partial charge in [0.2, 0.25) is 11.8 Å². The van der Waals surface area contributed by atoms with Gasteiger partial charge in [0, 0.05) is 33.1 Å². The van der Waals surface area contributed by atoms with Crippen LogP contribution in [0.2, 0.25) is 10.0 Å². The molecule has 2 amide bonds. The normalized spacial score (nSPS) is 13.0. The molecule has 1 N–H and O–H groups in total. The molecule has 3 aromatic rings. The van der Waals surface area contributed by atoms with Crippen molar-refractivity contribution in [3.05, 3.63) is 99.8 Å². The SMILES string of the molecule is CC[C@H](C)NC(=O)[C@H](Cc1ccccc1)N(Cc1ccc(Cl)c(Cl)c1)C(=O)CN(c1ccccc1F)S(=O)(=O)N(C)C. The minimum atomic E-state index is -4.32. The highest BCUT2D eigenvalue weighted by Gasteiger charge is 2.35. The van der Waals surface area contributed by atoms with E-state index in [1.807, 2.05) is 44.2 Å². The van der Waals surface area contributed by atoms with Crippen LogP contribution in [0.5, 0.6) is 0 Å². The number of carbonyl (C=O) groups is 2. The fraction of sp³-hybridized carbons (Fsp3) is 0.333. The number of nitrogens with zero attached hydrogens (tertiary/aromatic N) is 3. The molecule has 0 spiro atoms. The van der Waals surface area contributed by atoms with E-state index in [-0.39, 0.29) is 29.7 Å². The molecule has 0 aliphatic heterocycles. The third-order valence-electron chi connectivity index (χ3n) is 6.75. The summed E-state index contributed by atoms with van der Waals surface area (Å²) in [5.41, 5.74) is 1.07. The Morgan fingerprint density at radius 2 is 1.57 bits per heavy atom. The van der Waals surface area contributed by atoms with Gasteiger partial charge in [0.25, 0.3) is 0 Å². The number of carbonyl (C=O) groups excluding carboxylic acids is 2. The predicted molar refractivity (Wildman–Crippen MR) is 165 cm³/mol. The van der Waals surface area contributed by atoms with E-state index in [2.05, 4.69) is 5.32 Å². The Labute approximate surface area is 257 Å². The van der Waals surface area contributed by atoms with Crippen LogP contribution in [-0.4, -0.2) is 62.2 Å². The Morgan fingerprint density at radius 3 is 2.17 bits per heavy atom. The molecule has 12 heteroatoms. The maximum absolute atomic E-state index is 14.9. The second-order valence-corrected chi connectivity index (χ2v) is 12.9. The summed E-state index contributed by atoms with van der Waals surface area (Å²) >= 11 is 12.4. The maximum atomic E-state index is 14.9. The number of benzene rings is 3. The number of rotatable bonds is 13. The van der Waals surface area contributed by atoms with E-state index in [4.69, 9.17) is 23.2 Å². The third-order valence-corrected chi connectivity index (χ3v) is 9.29. The van der Waals surface area contributed by atoms with Crippen molar-refractivity contribution in [2.45, 2.75) is 45.3 Å². The molecule has 226 valence electrons. The van der Waals surface area contributed by atoms with Gasteiger partial charge in [-0.2, -0.15) is 12.7 Å². The second kappa shape index (κ2) is 14.8. The second-order valence-electron chi connectivity index (χ2n) is 10.0. The summed E-state index contributed by atoms with van der Waals surface area (Å²) in [6.07, 6.45) is 0.809. The number of hydrogen-bond acceptors (Lipinski definition) is 4. The van der Waals surface area contributed by atoms with Gasteiger partial charge in [-0.3, -0.25) is 9.59 Å². The van der Waals surface area contributed by atoms with Crippen molar-refractivity contribution in [1.82, 2.24) is 14.5 Å². The molecule has 0 saturated heterocycles. The van der Waals surface area contributed by atoms with Gasteiger partial charge in [-0.25, -0.2) is 8.70 Å². The molecule has 42 heavy (non-hydrogen) atoms. The fourth-order valence-corrected chi connectivity index (χ4v) is 5.57. The van der Waals surface area contributed by atoms with Crippen LogP contribution in [-0.2, 0) is 32.8 Å². The molecule has 0 aliphatic rings. The molecule has 0 bridgehead atoms. The van der Waals surface area contributed by atoms with Crippen molar-refractivity contribution in [1.29, 1.82) is 0 Å². The lowest BCUT2D eigenvalue weighted by atomic mass is 10.0. The molecule has 0 radical (unpaired) electrons. The predicted octanol–water partition coefficient (Wildman–Crippen LogP) is 5.30. The fourth-order valence-electron chi connectivity index (χ4n) is 4.19. The molecule has 8 nitrogen and oxygen atoms in total. The zero-order chi connectivity index (χ0) is 31.0. The van der Waals surface area contributed by atoms with Crippen LogP contribution in [0.15, 0.2) is 72.8 Å². The van der Waals surface area contributed by atoms with Crippen LogP contribution in [0.4, 0.5) is 10.1 Å². The molecule has 0 fully saturated rings. The van der Waals surface area contributed by atoms with E-state index >= 15 is 0 Å². The van der Waals surface area contributed by atoms with Crippen molar-refractivity contribution in [2.75, 3.05) is 24.9 Å². The molecule has 0 heterocycles. The van der Waals surface area contributed by atoms with Gasteiger partial charge in [-0.05, 0) is 48.7 Å². The maximum Gasteiger partial charge on any atom is 0.304 e. The summed E-state index contributed by atoms with van der Waals surface area (Å²) in [6.45, 7) is 2.93. The first-order valence-corrected chi connectivity index (χ1v) is 15.5. The first kappa shape index (κ1) is 33.3. The largest absolute Gasteiger partial charge is 0.352 e. The molecule has 0 aromatic heterocycles. The van der Waals surface area contributed by atoms with Crippen LogP contribution < -0.4 is 9.62 Å². The number of anilines is 1. The van der Waals surface area contributed by atoms with Crippen molar-refractivity contribution in [2.24, 2.45) is 0 Å². The molecule has 2 atom stereocenters. The summed E-state index contributed by atoms with van der Waals surface area (Å²) in [5, 5.41) is 3.53. The van der Waals surface area contributed by atoms with E-state index in [1.165, 1.54) is 37.2 Å². The van der Waals surface area contributed by atoms with Gasteiger partial charge < -0.3 is 10.2 Å². The van der Waals surface area contributed by atoms with Gasteiger partial charge in [0.1, 0.15) is 18.4 Å². The van der Waals surface area contributed by atoms with Gasteiger partial charge in [0.05, 0.1) is 15.7 Å². The van der Waals surface area contributed by atoms with Crippen molar-refractivity contribution in [3.63, 3.8) is 0 Å². The zero-order valence-corrected chi connectivity index (χ0v) is 26.3. The Balaban J connectivity index is 2.13. The minimum Gasteiger partial charge on any atom is -0.352 e. The lowest BCUT2D eigenvalue weighted by Gasteiger charge is -2.35. The van der Waals surface area contributed by atoms with Crippen LogP contribution in [0.25, 0.3) is 0 Å². The molecule has 3 rings (SSSR count). The highest BCUT2D eigenvalue weighted by atomic mass is 35.5. The summed E-state index contributed by atoms with van der Waals surface area (Å²) in [6, 6.07) is 18.1. The number of nitrogens with one attached hydrogen (secondary N) is 1. The minimum absolute atomic E-state index is 0.0890. The van der Waals surface area contributed by atoms with Crippen LogP contribution in [0.1, 0.15) is 31.4 Å². The monoisotopic (exact) mass is 636 g/mol. The summed E-state index contributed by atoms with van der Waals surface area (Å²) in [4.78, 5) is 29.2. The standard InChI is InChI=1S/C30H35Cl2FN4O4S/c1-5-21(2)34-30(39)28(18-22-11-7-6-8-12-22)36(19-23-15-16-24(31)25(32)17-23)29(38)20-37(42(40,41)35(3)4)27-14-10-9-13-26(27)33/h6-17,21,28H,5,18-20H2,1-4H3,(H,34,39)/t21-,28-/m0/s1. The van der Waals surface area contributed by atoms with E-state index in [9.17, 15) is 22.4 Å². The Kier molecular flexibility index (Phi) is 11.8. The van der Waals surface area contributed by atoms with Gasteiger partial charge in [-0.15, -0.1) is 0 Å². The van der Waals surface area contributed by atoms with Gasteiger partial charge in [0.15, 0.2) is 0 Å². The molecule has 3 aromatic carbocycles. The quantitative estimate of drug-likeness (QED) is 0.276. The Morgan fingerprint density at radius 1 is 0.929 bits per heavy atom. The molecular formula is C30H35Cl2FN4O4S. The van der Waals surface area contributed by atoms with E-state index in [1.54, 1.807) is 18.2 Å². The van der Waals surface area contributed by atoms with Gasteiger partial charge in [-0.1, -0.05) is 78.7 Å². The Hall–Kier alpha value is -3.18. The topological polar surface area (TPSA) is 90.0 Å². The van der Waals surface area contributed by atoms with Gasteiger partial charge >= 0.3 is 10.2 Å². The Bertz CT molecular complexity index is 1490. The molecule has 0 saturated carbocycles. The number of para-hydroxylation sites is 1. The third kappa shape index (κ3) is 8.44.